The van der Waals surface area contributed by atoms with Crippen LogP contribution in [0.2, 0.25) is 0 Å². The number of alkyl halides is 1. The lowest BCUT2D eigenvalue weighted by molar-refractivity contribution is -0.00875. The second-order valence-electron chi connectivity index (χ2n) is 11.2. The number of halogens is 2. The molecule has 9 nitrogen and oxygen atoms in total. The molecule has 4 fully saturated rings. The normalized spacial score (nSPS) is 21.2. The van der Waals surface area contributed by atoms with E-state index in [1.165, 1.54) is 7.11 Å². The number of benzene rings is 1. The van der Waals surface area contributed by atoms with Crippen molar-refractivity contribution in [3.05, 3.63) is 71.9 Å². The zero-order valence-corrected chi connectivity index (χ0v) is 22.6. The van der Waals surface area contributed by atoms with Crippen LogP contribution in [0.1, 0.15) is 17.5 Å². The highest BCUT2D eigenvalue weighted by Crippen LogP contribution is 2.37. The standard InChI is InChI=1S/C30H30F2N8O/c1-41-27-4-2-19(6-26(27)31)12-39-23-8-24(39)15-38(14-23)28-5-3-20(10-35-28)25-7-22(36-18-30(32)16-34-17-30)13-40-29(25)21(9-33)11-37-40/h2-7,10-11,13,23-24,34,36H,8,12,14-18H2,1H3. The quantitative estimate of drug-likeness (QED) is 0.340. The molecule has 3 aromatic heterocycles. The van der Waals surface area contributed by atoms with E-state index in [1.54, 1.807) is 29.0 Å². The third-order valence-corrected chi connectivity index (χ3v) is 8.53. The van der Waals surface area contributed by atoms with Gasteiger partial charge >= 0.3 is 0 Å². The Labute approximate surface area is 236 Å². The van der Waals surface area contributed by atoms with Gasteiger partial charge in [0, 0.05) is 62.1 Å². The van der Waals surface area contributed by atoms with E-state index in [2.05, 4.69) is 31.6 Å². The van der Waals surface area contributed by atoms with Crippen molar-refractivity contribution >= 4 is 17.0 Å². The highest BCUT2D eigenvalue weighted by atomic mass is 19.1. The fraction of sp³-hybridized carbons (Fsp3) is 0.367. The number of nitrogens with one attached hydrogen (secondary N) is 2. The predicted molar refractivity (Wildman–Crippen MR) is 151 cm³/mol. The number of aromatic nitrogens is 3. The van der Waals surface area contributed by atoms with Crippen LogP contribution >= 0.6 is 0 Å². The zero-order chi connectivity index (χ0) is 28.1. The molecule has 41 heavy (non-hydrogen) atoms. The molecule has 0 saturated carbocycles. The molecule has 1 aromatic carbocycles. The van der Waals surface area contributed by atoms with Crippen molar-refractivity contribution in [3.63, 3.8) is 0 Å². The van der Waals surface area contributed by atoms with Gasteiger partial charge < -0.3 is 20.3 Å². The van der Waals surface area contributed by atoms with Crippen molar-refractivity contribution in [2.75, 3.05) is 50.1 Å². The van der Waals surface area contributed by atoms with Gasteiger partial charge in [0.05, 0.1) is 42.8 Å². The van der Waals surface area contributed by atoms with Gasteiger partial charge in [-0.25, -0.2) is 18.3 Å². The summed E-state index contributed by atoms with van der Waals surface area (Å²) in [7, 11) is 1.47. The van der Waals surface area contributed by atoms with Crippen LogP contribution in [0, 0.1) is 17.1 Å². The zero-order valence-electron chi connectivity index (χ0n) is 22.6. The summed E-state index contributed by atoms with van der Waals surface area (Å²) >= 11 is 0. The van der Waals surface area contributed by atoms with Crippen molar-refractivity contribution < 1.29 is 13.5 Å². The third-order valence-electron chi connectivity index (χ3n) is 8.53. The van der Waals surface area contributed by atoms with Gasteiger partial charge in [-0.1, -0.05) is 6.07 Å². The molecule has 0 spiro atoms. The van der Waals surface area contributed by atoms with Crippen LogP contribution in [0.15, 0.2) is 55.0 Å². The lowest BCUT2D eigenvalue weighted by atomic mass is 9.86. The van der Waals surface area contributed by atoms with Crippen molar-refractivity contribution in [1.29, 1.82) is 5.26 Å². The molecule has 2 atom stereocenters. The molecule has 11 heteroatoms. The Morgan fingerprint density at radius 2 is 2.00 bits per heavy atom. The van der Waals surface area contributed by atoms with E-state index in [1.807, 2.05) is 30.5 Å². The number of piperidine rings is 1. The van der Waals surface area contributed by atoms with Crippen molar-refractivity contribution in [2.45, 2.75) is 30.7 Å². The maximum atomic E-state index is 14.6. The molecule has 4 saturated heterocycles. The molecule has 2 N–H and O–H groups in total. The van der Waals surface area contributed by atoms with Crippen LogP contribution in [0.25, 0.3) is 16.6 Å². The van der Waals surface area contributed by atoms with E-state index in [0.29, 0.717) is 42.8 Å². The summed E-state index contributed by atoms with van der Waals surface area (Å²) in [5.74, 6) is 0.827. The summed E-state index contributed by atoms with van der Waals surface area (Å²) in [6.07, 6.45) is 6.28. The summed E-state index contributed by atoms with van der Waals surface area (Å²) in [6.45, 7) is 3.27. The second kappa shape index (κ2) is 9.98. The van der Waals surface area contributed by atoms with Crippen molar-refractivity contribution in [3.8, 4) is 22.9 Å². The average Bonchev–Trinajstić information content (AvgIpc) is 3.41. The average molecular weight is 557 g/mol. The van der Waals surface area contributed by atoms with Crippen LogP contribution in [-0.4, -0.2) is 77.1 Å². The minimum atomic E-state index is -1.27. The number of hydrogen-bond acceptors (Lipinski definition) is 8. The number of piperazine rings is 1. The van der Waals surface area contributed by atoms with Gasteiger partial charge in [0.25, 0.3) is 0 Å². The Balaban J connectivity index is 1.08. The monoisotopic (exact) mass is 556 g/mol. The number of ether oxygens (including phenoxy) is 1. The Morgan fingerprint density at radius 1 is 1.17 bits per heavy atom. The number of pyridine rings is 2. The van der Waals surface area contributed by atoms with Gasteiger partial charge in [-0.15, -0.1) is 0 Å². The molecule has 8 rings (SSSR count). The number of rotatable bonds is 8. The summed E-state index contributed by atoms with van der Waals surface area (Å²) in [5.41, 5.74) is 3.22. The molecule has 4 aromatic rings. The number of fused-ring (bicyclic) bond motifs is 3. The molecular weight excluding hydrogens is 526 g/mol. The van der Waals surface area contributed by atoms with Gasteiger partial charge in [0.15, 0.2) is 17.2 Å². The third kappa shape index (κ3) is 4.63. The minimum absolute atomic E-state index is 0.191. The molecule has 7 heterocycles. The van der Waals surface area contributed by atoms with Crippen LogP contribution in [0.5, 0.6) is 5.75 Å². The first-order chi connectivity index (χ1) is 19.9. The molecule has 0 aliphatic carbocycles. The number of anilines is 2. The van der Waals surface area contributed by atoms with Crippen LogP contribution in [0.3, 0.4) is 0 Å². The molecule has 2 unspecified atom stereocenters. The molecule has 0 radical (unpaired) electrons. The van der Waals surface area contributed by atoms with Crippen LogP contribution in [-0.2, 0) is 6.54 Å². The Morgan fingerprint density at radius 3 is 2.66 bits per heavy atom. The molecule has 0 amide bonds. The Kier molecular flexibility index (Phi) is 6.25. The highest BCUT2D eigenvalue weighted by Gasteiger charge is 2.44. The van der Waals surface area contributed by atoms with Gasteiger partial charge in [0.2, 0.25) is 0 Å². The fourth-order valence-electron chi connectivity index (χ4n) is 6.19. The second-order valence-corrected chi connectivity index (χ2v) is 11.2. The maximum Gasteiger partial charge on any atom is 0.165 e. The number of nitriles is 1. The summed E-state index contributed by atoms with van der Waals surface area (Å²) in [6, 6.07) is 14.1. The number of nitrogens with zero attached hydrogens (tertiary/aromatic N) is 6. The van der Waals surface area contributed by atoms with Gasteiger partial charge in [0.1, 0.15) is 11.9 Å². The van der Waals surface area contributed by atoms with E-state index in [0.717, 1.165) is 47.7 Å². The number of hydrogen-bond donors (Lipinski definition) is 2. The van der Waals surface area contributed by atoms with E-state index >= 15 is 0 Å². The number of methoxy groups -OCH3 is 1. The summed E-state index contributed by atoms with van der Waals surface area (Å²) in [5, 5.41) is 20.2. The molecule has 4 aliphatic rings. The summed E-state index contributed by atoms with van der Waals surface area (Å²) in [4.78, 5) is 9.54. The van der Waals surface area contributed by atoms with Crippen LogP contribution < -0.4 is 20.3 Å². The van der Waals surface area contributed by atoms with Crippen molar-refractivity contribution in [1.82, 2.24) is 24.8 Å². The predicted octanol–water partition coefficient (Wildman–Crippen LogP) is 3.60. The Hall–Kier alpha value is -4.27. The van der Waals surface area contributed by atoms with E-state index in [4.69, 9.17) is 9.72 Å². The van der Waals surface area contributed by atoms with E-state index < -0.39 is 5.67 Å². The van der Waals surface area contributed by atoms with Gasteiger partial charge in [-0.3, -0.25) is 4.90 Å². The SMILES string of the molecule is COc1ccc(CN2C3CC2CN(c2ccc(-c4cc(NCC5(F)CNC5)cn5ncc(C#N)c45)cn2)C3)cc1F. The highest BCUT2D eigenvalue weighted by molar-refractivity contribution is 5.86. The van der Waals surface area contributed by atoms with Crippen LogP contribution in [0.4, 0.5) is 20.3 Å². The lowest BCUT2D eigenvalue weighted by Crippen LogP contribution is -2.68. The fourth-order valence-corrected chi connectivity index (χ4v) is 6.19. The summed E-state index contributed by atoms with van der Waals surface area (Å²) < 4.78 is 35.5. The van der Waals surface area contributed by atoms with Gasteiger partial charge in [-0.05, 0) is 42.3 Å². The first kappa shape index (κ1) is 25.7. The Bertz CT molecular complexity index is 1630. The molecule has 210 valence electrons. The topological polar surface area (TPSA) is 93.8 Å². The maximum absolute atomic E-state index is 14.6. The lowest BCUT2D eigenvalue weighted by Gasteiger charge is -2.56. The molecular formula is C30H30F2N8O. The van der Waals surface area contributed by atoms with Crippen molar-refractivity contribution in [2.24, 2.45) is 0 Å². The first-order valence-corrected chi connectivity index (χ1v) is 13.8. The smallest absolute Gasteiger partial charge is 0.165 e. The first-order valence-electron chi connectivity index (χ1n) is 13.8. The van der Waals surface area contributed by atoms with E-state index in [-0.39, 0.29) is 18.1 Å². The minimum Gasteiger partial charge on any atom is -0.494 e. The molecule has 2 bridgehead atoms. The molecule has 4 aliphatic heterocycles. The largest absolute Gasteiger partial charge is 0.494 e. The van der Waals surface area contributed by atoms with E-state index in [9.17, 15) is 14.0 Å². The van der Waals surface area contributed by atoms with Gasteiger partial charge in [-0.2, -0.15) is 10.4 Å².